The minimum Gasteiger partial charge on any atom is -0.394 e. The summed E-state index contributed by atoms with van der Waals surface area (Å²) in [4.78, 5) is 0. The Bertz CT molecular complexity index is 209. The fourth-order valence-corrected chi connectivity index (χ4v) is 1.50. The van der Waals surface area contributed by atoms with Crippen LogP contribution in [0.3, 0.4) is 0 Å². The van der Waals surface area contributed by atoms with Crippen LogP contribution in [-0.2, 0) is 9.47 Å². The average Bonchev–Trinajstić information content (AvgIpc) is 2.29. The van der Waals surface area contributed by atoms with Crippen molar-refractivity contribution in [3.8, 4) is 0 Å². The maximum absolute atomic E-state index is 9.62. The number of ether oxygens (including phenoxy) is 2. The summed E-state index contributed by atoms with van der Waals surface area (Å²) in [6.45, 7) is 3.28. The van der Waals surface area contributed by atoms with Gasteiger partial charge in [0.1, 0.15) is 24.4 Å². The van der Waals surface area contributed by atoms with Crippen LogP contribution < -0.4 is 0 Å². The number of aliphatic hydroxyl groups excluding tert-OH is 4. The number of hydrogen-bond donors (Lipinski definition) is 4. The molecule has 0 aliphatic carbocycles. The van der Waals surface area contributed by atoms with E-state index in [1.165, 1.54) is 0 Å². The van der Waals surface area contributed by atoms with Crippen LogP contribution in [0, 0.1) is 0 Å². The van der Waals surface area contributed by atoms with Crippen molar-refractivity contribution in [2.75, 3.05) is 6.61 Å². The third-order valence-corrected chi connectivity index (χ3v) is 2.79. The average molecular weight is 236 g/mol. The largest absolute Gasteiger partial charge is 0.394 e. The van der Waals surface area contributed by atoms with E-state index in [1.807, 2.05) is 6.92 Å². The van der Waals surface area contributed by atoms with Crippen LogP contribution in [0.15, 0.2) is 0 Å². The van der Waals surface area contributed by atoms with Gasteiger partial charge in [-0.05, 0) is 13.3 Å². The second-order valence-electron chi connectivity index (χ2n) is 4.05. The second-order valence-corrected chi connectivity index (χ2v) is 4.05. The minimum atomic E-state index is -1.38. The smallest absolute Gasteiger partial charge is 0.186 e. The highest BCUT2D eigenvalue weighted by atomic mass is 16.7. The maximum Gasteiger partial charge on any atom is 0.186 e. The monoisotopic (exact) mass is 236 g/mol. The Kier molecular flexibility index (Phi) is 5.10. The Balaban J connectivity index is 2.63. The molecule has 1 fully saturated rings. The maximum atomic E-state index is 9.62. The summed E-state index contributed by atoms with van der Waals surface area (Å²) in [6.07, 6.45) is -5.36. The van der Waals surface area contributed by atoms with Gasteiger partial charge in [-0.2, -0.15) is 0 Å². The third kappa shape index (κ3) is 2.91. The van der Waals surface area contributed by atoms with Gasteiger partial charge in [0.15, 0.2) is 6.29 Å². The van der Waals surface area contributed by atoms with Crippen LogP contribution in [-0.4, -0.2) is 63.8 Å². The van der Waals surface area contributed by atoms with E-state index < -0.39 is 37.3 Å². The molecular formula is C10H20O6. The van der Waals surface area contributed by atoms with Crippen molar-refractivity contribution in [2.45, 2.75) is 57.1 Å². The van der Waals surface area contributed by atoms with Gasteiger partial charge in [0, 0.05) is 0 Å². The van der Waals surface area contributed by atoms with Crippen molar-refractivity contribution in [1.82, 2.24) is 0 Å². The number of aliphatic hydroxyl groups is 4. The van der Waals surface area contributed by atoms with Gasteiger partial charge in [-0.15, -0.1) is 0 Å². The molecule has 0 saturated carbocycles. The van der Waals surface area contributed by atoms with Crippen LogP contribution in [0.4, 0.5) is 0 Å². The fourth-order valence-electron chi connectivity index (χ4n) is 1.50. The summed E-state index contributed by atoms with van der Waals surface area (Å²) in [5.74, 6) is 0. The molecule has 1 saturated heterocycles. The lowest BCUT2D eigenvalue weighted by molar-refractivity contribution is -0.310. The molecule has 6 nitrogen and oxygen atoms in total. The molecule has 0 aromatic carbocycles. The molecule has 0 bridgehead atoms. The standard InChI is InChI=1S/C10H20O6/c1-3-5(2)15-10-9(14)8(13)7(12)6(4-11)16-10/h5-14H,3-4H2,1-2H3/t5-,6-,7+,8+,9-,10-/m1/s1. The lowest BCUT2D eigenvalue weighted by Crippen LogP contribution is -2.59. The zero-order chi connectivity index (χ0) is 12.3. The van der Waals surface area contributed by atoms with Crippen LogP contribution in [0.2, 0.25) is 0 Å². The van der Waals surface area contributed by atoms with E-state index >= 15 is 0 Å². The lowest BCUT2D eigenvalue weighted by atomic mass is 9.99. The van der Waals surface area contributed by atoms with Crippen LogP contribution in [0.1, 0.15) is 20.3 Å². The molecule has 0 amide bonds. The summed E-state index contributed by atoms with van der Waals surface area (Å²) >= 11 is 0. The Hall–Kier alpha value is -0.240. The first-order chi connectivity index (χ1) is 7.51. The zero-order valence-corrected chi connectivity index (χ0v) is 9.48. The number of rotatable bonds is 4. The normalized spacial score (nSPS) is 42.0. The molecule has 1 aliphatic rings. The molecule has 1 heterocycles. The minimum absolute atomic E-state index is 0.138. The first kappa shape index (κ1) is 13.8. The van der Waals surface area contributed by atoms with E-state index in [0.29, 0.717) is 0 Å². The molecule has 0 spiro atoms. The number of hydrogen-bond acceptors (Lipinski definition) is 6. The van der Waals surface area contributed by atoms with Gasteiger partial charge in [0.05, 0.1) is 12.7 Å². The molecule has 6 atom stereocenters. The molecule has 0 aromatic heterocycles. The Morgan fingerprint density at radius 2 is 1.81 bits per heavy atom. The van der Waals surface area contributed by atoms with Crippen molar-refractivity contribution < 1.29 is 29.9 Å². The highest BCUT2D eigenvalue weighted by Crippen LogP contribution is 2.23. The van der Waals surface area contributed by atoms with Crippen LogP contribution in [0.5, 0.6) is 0 Å². The van der Waals surface area contributed by atoms with Gasteiger partial charge in [0.2, 0.25) is 0 Å². The van der Waals surface area contributed by atoms with Crippen molar-refractivity contribution in [3.05, 3.63) is 0 Å². The summed E-state index contributed by atoms with van der Waals surface area (Å²) in [6, 6.07) is 0. The third-order valence-electron chi connectivity index (χ3n) is 2.79. The predicted octanol–water partition coefficient (Wildman–Crippen LogP) is -1.40. The van der Waals surface area contributed by atoms with E-state index in [-0.39, 0.29) is 6.10 Å². The highest BCUT2D eigenvalue weighted by Gasteiger charge is 2.44. The molecule has 6 heteroatoms. The molecule has 0 aromatic rings. The van der Waals surface area contributed by atoms with Crippen LogP contribution >= 0.6 is 0 Å². The van der Waals surface area contributed by atoms with Crippen molar-refractivity contribution >= 4 is 0 Å². The van der Waals surface area contributed by atoms with Gasteiger partial charge in [-0.25, -0.2) is 0 Å². The Morgan fingerprint density at radius 3 is 2.31 bits per heavy atom. The first-order valence-electron chi connectivity index (χ1n) is 5.47. The molecule has 4 N–H and O–H groups in total. The summed E-state index contributed by atoms with van der Waals surface area (Å²) in [5, 5.41) is 37.6. The van der Waals surface area contributed by atoms with Crippen molar-refractivity contribution in [2.24, 2.45) is 0 Å². The van der Waals surface area contributed by atoms with E-state index in [2.05, 4.69) is 0 Å². The van der Waals surface area contributed by atoms with Crippen molar-refractivity contribution in [3.63, 3.8) is 0 Å². The van der Waals surface area contributed by atoms with Gasteiger partial charge < -0.3 is 29.9 Å². The van der Waals surface area contributed by atoms with E-state index in [0.717, 1.165) is 6.42 Å². The zero-order valence-electron chi connectivity index (χ0n) is 9.48. The Labute approximate surface area is 94.4 Å². The van der Waals surface area contributed by atoms with Gasteiger partial charge in [-0.3, -0.25) is 0 Å². The van der Waals surface area contributed by atoms with Crippen molar-refractivity contribution in [1.29, 1.82) is 0 Å². The Morgan fingerprint density at radius 1 is 1.19 bits per heavy atom. The van der Waals surface area contributed by atoms with Gasteiger partial charge in [0.25, 0.3) is 0 Å². The summed E-state index contributed by atoms with van der Waals surface area (Å²) in [7, 11) is 0. The molecule has 0 radical (unpaired) electrons. The topological polar surface area (TPSA) is 99.4 Å². The highest BCUT2D eigenvalue weighted by molar-refractivity contribution is 4.89. The van der Waals surface area contributed by atoms with Gasteiger partial charge >= 0.3 is 0 Å². The van der Waals surface area contributed by atoms with Crippen LogP contribution in [0.25, 0.3) is 0 Å². The summed E-state index contributed by atoms with van der Waals surface area (Å²) in [5.41, 5.74) is 0. The fraction of sp³-hybridized carbons (Fsp3) is 1.00. The molecule has 1 aliphatic heterocycles. The quantitative estimate of drug-likeness (QED) is 0.479. The predicted molar refractivity (Wildman–Crippen MR) is 54.6 cm³/mol. The van der Waals surface area contributed by atoms with Gasteiger partial charge in [-0.1, -0.05) is 6.92 Å². The van der Waals surface area contributed by atoms with E-state index in [1.54, 1.807) is 6.92 Å². The molecule has 16 heavy (non-hydrogen) atoms. The summed E-state index contributed by atoms with van der Waals surface area (Å²) < 4.78 is 10.5. The SMILES string of the molecule is CC[C@@H](C)O[C@@H]1O[C@H](CO)[C@H](O)[C@H](O)[C@H]1O. The molecule has 96 valence electrons. The molecular weight excluding hydrogens is 216 g/mol. The first-order valence-corrected chi connectivity index (χ1v) is 5.47. The van der Waals surface area contributed by atoms with E-state index in [4.69, 9.17) is 14.6 Å². The molecule has 0 unspecified atom stereocenters. The lowest BCUT2D eigenvalue weighted by Gasteiger charge is -2.40. The second kappa shape index (κ2) is 5.90. The van der Waals surface area contributed by atoms with E-state index in [9.17, 15) is 15.3 Å². The molecule has 1 rings (SSSR count).